The van der Waals surface area contributed by atoms with E-state index in [-0.39, 0.29) is 0 Å². The Balaban J connectivity index is 5.36. The molecule has 9 heteroatoms. The molecule has 0 saturated heterocycles. The Morgan fingerprint density at radius 3 is 1.76 bits per heavy atom. The van der Waals surface area contributed by atoms with Gasteiger partial charge in [0.2, 0.25) is 0 Å². The standard InChI is InChI=1S/C16H23F3O6/c1-8(2)24-14(21)11(6)12(15(22)25-9(3)4)10(5)13(20)23-7-16(17,18)19/h8-9,11-12H,5,7H2,1-4,6H3. The minimum absolute atomic E-state index is 0.484. The maximum Gasteiger partial charge on any atom is 0.422 e. The smallest absolute Gasteiger partial charge is 0.422 e. The van der Waals surface area contributed by atoms with Crippen molar-refractivity contribution in [3.05, 3.63) is 12.2 Å². The summed E-state index contributed by atoms with van der Waals surface area (Å²) in [5, 5.41) is 0. The highest BCUT2D eigenvalue weighted by molar-refractivity contribution is 5.97. The van der Waals surface area contributed by atoms with Gasteiger partial charge in [-0.2, -0.15) is 13.2 Å². The molecular formula is C16H23F3O6. The molecule has 0 spiro atoms. The van der Waals surface area contributed by atoms with Crippen LogP contribution >= 0.6 is 0 Å². The highest BCUT2D eigenvalue weighted by Gasteiger charge is 2.40. The molecule has 25 heavy (non-hydrogen) atoms. The summed E-state index contributed by atoms with van der Waals surface area (Å²) < 4.78 is 50.5. The lowest BCUT2D eigenvalue weighted by Crippen LogP contribution is -2.36. The van der Waals surface area contributed by atoms with Gasteiger partial charge in [0.15, 0.2) is 6.61 Å². The molecule has 0 rings (SSSR count). The van der Waals surface area contributed by atoms with Crippen LogP contribution in [0.15, 0.2) is 12.2 Å². The van der Waals surface area contributed by atoms with Crippen molar-refractivity contribution >= 4 is 17.9 Å². The topological polar surface area (TPSA) is 78.9 Å². The third-order valence-corrected chi connectivity index (χ3v) is 2.83. The molecule has 0 radical (unpaired) electrons. The van der Waals surface area contributed by atoms with Crippen molar-refractivity contribution in [1.29, 1.82) is 0 Å². The van der Waals surface area contributed by atoms with E-state index >= 15 is 0 Å². The first-order valence-electron chi connectivity index (χ1n) is 7.59. The van der Waals surface area contributed by atoms with Crippen LogP contribution in [0, 0.1) is 11.8 Å². The van der Waals surface area contributed by atoms with Gasteiger partial charge in [-0.15, -0.1) is 0 Å². The van der Waals surface area contributed by atoms with Crippen molar-refractivity contribution in [3.8, 4) is 0 Å². The molecule has 0 aliphatic rings. The molecule has 0 heterocycles. The Morgan fingerprint density at radius 1 is 0.920 bits per heavy atom. The Morgan fingerprint density at radius 2 is 1.36 bits per heavy atom. The average molecular weight is 368 g/mol. The summed E-state index contributed by atoms with van der Waals surface area (Å²) in [4.78, 5) is 36.0. The molecule has 0 fully saturated rings. The molecule has 0 saturated carbocycles. The lowest BCUT2D eigenvalue weighted by atomic mass is 9.87. The van der Waals surface area contributed by atoms with Crippen LogP contribution in [0.25, 0.3) is 0 Å². The van der Waals surface area contributed by atoms with Gasteiger partial charge in [-0.1, -0.05) is 13.5 Å². The van der Waals surface area contributed by atoms with E-state index in [0.717, 1.165) is 0 Å². The Labute approximate surface area is 144 Å². The fourth-order valence-corrected chi connectivity index (χ4v) is 1.80. The molecule has 0 bridgehead atoms. The molecule has 0 aromatic carbocycles. The number of halogens is 3. The number of hydrogen-bond acceptors (Lipinski definition) is 6. The molecule has 0 amide bonds. The quantitative estimate of drug-likeness (QED) is 0.372. The summed E-state index contributed by atoms with van der Waals surface area (Å²) in [6.07, 6.45) is -5.78. The molecule has 2 unspecified atom stereocenters. The monoisotopic (exact) mass is 368 g/mol. The van der Waals surface area contributed by atoms with Crippen molar-refractivity contribution in [2.45, 2.75) is 53.0 Å². The van der Waals surface area contributed by atoms with Crippen LogP contribution in [0.3, 0.4) is 0 Å². The zero-order chi connectivity index (χ0) is 19.9. The van der Waals surface area contributed by atoms with Gasteiger partial charge in [-0.25, -0.2) is 4.79 Å². The van der Waals surface area contributed by atoms with E-state index in [0.29, 0.717) is 0 Å². The molecule has 0 aliphatic carbocycles. The van der Waals surface area contributed by atoms with E-state index in [1.807, 2.05) is 0 Å². The first kappa shape index (κ1) is 22.9. The van der Waals surface area contributed by atoms with Crippen LogP contribution in [-0.2, 0) is 28.6 Å². The highest BCUT2D eigenvalue weighted by Crippen LogP contribution is 2.26. The van der Waals surface area contributed by atoms with Gasteiger partial charge in [-0.3, -0.25) is 9.59 Å². The van der Waals surface area contributed by atoms with Crippen molar-refractivity contribution < 1.29 is 41.8 Å². The van der Waals surface area contributed by atoms with Crippen LogP contribution in [-0.4, -0.2) is 42.9 Å². The Hall–Kier alpha value is -2.06. The van der Waals surface area contributed by atoms with Crippen LogP contribution in [0.2, 0.25) is 0 Å². The maximum atomic E-state index is 12.2. The van der Waals surface area contributed by atoms with Crippen molar-refractivity contribution in [2.75, 3.05) is 6.61 Å². The number of carbonyl (C=O) groups excluding carboxylic acids is 3. The first-order valence-corrected chi connectivity index (χ1v) is 7.59. The Bertz CT molecular complexity index is 510. The van der Waals surface area contributed by atoms with Crippen LogP contribution in [0.5, 0.6) is 0 Å². The van der Waals surface area contributed by atoms with Crippen LogP contribution in [0.4, 0.5) is 13.2 Å². The van der Waals surface area contributed by atoms with Gasteiger partial charge in [0, 0.05) is 5.57 Å². The fraction of sp³-hybridized carbons (Fsp3) is 0.688. The van der Waals surface area contributed by atoms with Crippen molar-refractivity contribution in [2.24, 2.45) is 11.8 Å². The van der Waals surface area contributed by atoms with E-state index in [2.05, 4.69) is 11.3 Å². The minimum Gasteiger partial charge on any atom is -0.463 e. The number of rotatable bonds is 8. The third-order valence-electron chi connectivity index (χ3n) is 2.83. The zero-order valence-corrected chi connectivity index (χ0v) is 14.8. The van der Waals surface area contributed by atoms with Gasteiger partial charge in [0.05, 0.1) is 18.1 Å². The van der Waals surface area contributed by atoms with Gasteiger partial charge in [-0.05, 0) is 27.7 Å². The number of hydrogen-bond donors (Lipinski definition) is 0. The minimum atomic E-state index is -4.73. The SMILES string of the molecule is C=C(C(=O)OCC(F)(F)F)C(C(=O)OC(C)C)C(C)C(=O)OC(C)C. The third kappa shape index (κ3) is 8.55. The molecule has 144 valence electrons. The van der Waals surface area contributed by atoms with Crippen LogP contribution in [0.1, 0.15) is 34.6 Å². The summed E-state index contributed by atoms with van der Waals surface area (Å²) in [6.45, 7) is 9.02. The maximum absolute atomic E-state index is 12.2. The van der Waals surface area contributed by atoms with E-state index in [1.54, 1.807) is 13.8 Å². The van der Waals surface area contributed by atoms with E-state index in [1.165, 1.54) is 20.8 Å². The molecule has 0 aromatic rings. The second kappa shape index (κ2) is 9.43. The lowest BCUT2D eigenvalue weighted by molar-refractivity contribution is -0.184. The van der Waals surface area contributed by atoms with E-state index in [4.69, 9.17) is 9.47 Å². The van der Waals surface area contributed by atoms with Crippen molar-refractivity contribution in [3.63, 3.8) is 0 Å². The van der Waals surface area contributed by atoms with Gasteiger partial charge in [0.1, 0.15) is 5.92 Å². The number of carbonyl (C=O) groups is 3. The summed E-state index contributed by atoms with van der Waals surface area (Å²) in [5.41, 5.74) is -0.608. The largest absolute Gasteiger partial charge is 0.463 e. The lowest BCUT2D eigenvalue weighted by Gasteiger charge is -2.24. The van der Waals surface area contributed by atoms with E-state index in [9.17, 15) is 27.6 Å². The zero-order valence-electron chi connectivity index (χ0n) is 14.8. The summed E-state index contributed by atoms with van der Waals surface area (Å²) in [6, 6.07) is 0. The van der Waals surface area contributed by atoms with Gasteiger partial charge >= 0.3 is 24.1 Å². The number of ether oxygens (including phenoxy) is 3. The highest BCUT2D eigenvalue weighted by atomic mass is 19.4. The van der Waals surface area contributed by atoms with Gasteiger partial charge < -0.3 is 14.2 Å². The summed E-state index contributed by atoms with van der Waals surface area (Å²) in [7, 11) is 0. The Kier molecular flexibility index (Phi) is 8.65. The molecule has 0 aliphatic heterocycles. The second-order valence-electron chi connectivity index (χ2n) is 5.95. The van der Waals surface area contributed by atoms with E-state index < -0.39 is 60.3 Å². The van der Waals surface area contributed by atoms with Crippen molar-refractivity contribution in [1.82, 2.24) is 0 Å². The first-order chi connectivity index (χ1) is 11.3. The predicted molar refractivity (Wildman–Crippen MR) is 81.3 cm³/mol. The molecule has 6 nitrogen and oxygen atoms in total. The summed E-state index contributed by atoms with van der Waals surface area (Å²) in [5.74, 6) is -5.94. The normalized spacial score (nSPS) is 14.0. The number of alkyl halides is 3. The molecule has 0 N–H and O–H groups in total. The number of esters is 3. The molecule has 0 aromatic heterocycles. The second-order valence-corrected chi connectivity index (χ2v) is 5.95. The fourth-order valence-electron chi connectivity index (χ4n) is 1.80. The van der Waals surface area contributed by atoms with Crippen LogP contribution < -0.4 is 0 Å². The molecular weight excluding hydrogens is 345 g/mol. The average Bonchev–Trinajstić information content (AvgIpc) is 2.42. The van der Waals surface area contributed by atoms with Gasteiger partial charge in [0.25, 0.3) is 0 Å². The predicted octanol–water partition coefficient (Wildman–Crippen LogP) is 2.80. The summed E-state index contributed by atoms with van der Waals surface area (Å²) >= 11 is 0. The molecule has 2 atom stereocenters.